The summed E-state index contributed by atoms with van der Waals surface area (Å²) in [6.45, 7) is 1.33. The van der Waals surface area contributed by atoms with Crippen molar-refractivity contribution in [3.8, 4) is 5.69 Å². The molecule has 2 aromatic carbocycles. The van der Waals surface area contributed by atoms with Crippen molar-refractivity contribution in [1.29, 1.82) is 0 Å². The van der Waals surface area contributed by atoms with Crippen molar-refractivity contribution < 1.29 is 22.8 Å². The van der Waals surface area contributed by atoms with Gasteiger partial charge in [0.25, 0.3) is 5.91 Å². The summed E-state index contributed by atoms with van der Waals surface area (Å²) in [5.74, 6) is -0.934. The minimum atomic E-state index is -4.56. The van der Waals surface area contributed by atoms with E-state index in [0.717, 1.165) is 12.1 Å². The van der Waals surface area contributed by atoms with E-state index in [-0.39, 0.29) is 22.8 Å². The number of carbonyl (C=O) groups excluding carboxylic acids is 2. The second-order valence-electron chi connectivity index (χ2n) is 5.90. The third kappa shape index (κ3) is 4.37. The lowest BCUT2D eigenvalue weighted by Gasteiger charge is -2.15. The summed E-state index contributed by atoms with van der Waals surface area (Å²) in [5.41, 5.74) is -0.0879. The highest BCUT2D eigenvalue weighted by molar-refractivity contribution is 6.06. The molecule has 0 unspecified atom stereocenters. The molecule has 0 spiro atoms. The number of hydrogen-bond acceptors (Lipinski definition) is 3. The summed E-state index contributed by atoms with van der Waals surface area (Å²) in [4.78, 5) is 23.8. The van der Waals surface area contributed by atoms with Gasteiger partial charge in [0.05, 0.1) is 16.9 Å². The van der Waals surface area contributed by atoms with E-state index >= 15 is 0 Å². The topological polar surface area (TPSA) is 76.0 Å². The van der Waals surface area contributed by atoms with Crippen LogP contribution < -0.4 is 10.6 Å². The van der Waals surface area contributed by atoms with E-state index in [1.807, 2.05) is 0 Å². The van der Waals surface area contributed by atoms with Crippen molar-refractivity contribution in [2.75, 3.05) is 10.6 Å². The normalized spacial score (nSPS) is 11.1. The highest BCUT2D eigenvalue weighted by atomic mass is 19.4. The van der Waals surface area contributed by atoms with Gasteiger partial charge < -0.3 is 10.6 Å². The Hall–Kier alpha value is -3.62. The Labute approximate surface area is 158 Å². The number of nitrogens with one attached hydrogen (secondary N) is 2. The number of amides is 2. The smallest absolute Gasteiger partial charge is 0.326 e. The van der Waals surface area contributed by atoms with Crippen LogP contribution in [0.5, 0.6) is 0 Å². The first-order chi connectivity index (χ1) is 13.2. The Morgan fingerprint density at radius 1 is 1.04 bits per heavy atom. The van der Waals surface area contributed by atoms with Gasteiger partial charge in [0, 0.05) is 30.6 Å². The first kappa shape index (κ1) is 19.2. The number of aromatic nitrogens is 2. The first-order valence-electron chi connectivity index (χ1n) is 8.14. The Balaban J connectivity index is 1.96. The van der Waals surface area contributed by atoms with Crippen LogP contribution in [0.1, 0.15) is 22.8 Å². The third-order valence-electron chi connectivity index (χ3n) is 3.77. The highest BCUT2D eigenvalue weighted by Crippen LogP contribution is 2.33. The minimum absolute atomic E-state index is 0.0477. The van der Waals surface area contributed by atoms with Crippen LogP contribution in [0.25, 0.3) is 5.69 Å². The molecule has 0 atom stereocenters. The summed E-state index contributed by atoms with van der Waals surface area (Å²) in [7, 11) is 0. The molecule has 0 aliphatic rings. The summed E-state index contributed by atoms with van der Waals surface area (Å²) in [6.07, 6.45) is -1.54. The van der Waals surface area contributed by atoms with Crippen molar-refractivity contribution in [3.05, 3.63) is 72.1 Å². The average Bonchev–Trinajstić information content (AvgIpc) is 3.15. The molecule has 0 bridgehead atoms. The lowest BCUT2D eigenvalue weighted by atomic mass is 10.1. The monoisotopic (exact) mass is 388 g/mol. The van der Waals surface area contributed by atoms with Crippen molar-refractivity contribution >= 4 is 23.2 Å². The number of hydrogen-bond donors (Lipinski definition) is 2. The first-order valence-corrected chi connectivity index (χ1v) is 8.14. The van der Waals surface area contributed by atoms with Gasteiger partial charge in [-0.05, 0) is 42.5 Å². The molecule has 0 saturated heterocycles. The summed E-state index contributed by atoms with van der Waals surface area (Å²) in [6, 6.07) is 10.7. The molecule has 0 aliphatic carbocycles. The molecule has 0 saturated carbocycles. The maximum Gasteiger partial charge on any atom is 0.416 e. The van der Waals surface area contributed by atoms with Gasteiger partial charge in [-0.15, -0.1) is 0 Å². The Bertz CT molecular complexity index is 1010. The number of anilines is 2. The van der Waals surface area contributed by atoms with Crippen LogP contribution in [-0.4, -0.2) is 21.6 Å². The highest BCUT2D eigenvalue weighted by Gasteiger charge is 2.31. The number of benzene rings is 2. The fourth-order valence-corrected chi connectivity index (χ4v) is 2.56. The van der Waals surface area contributed by atoms with Crippen LogP contribution in [0.3, 0.4) is 0 Å². The number of halogens is 3. The van der Waals surface area contributed by atoms with Gasteiger partial charge in [0.2, 0.25) is 5.91 Å². The van der Waals surface area contributed by atoms with Crippen molar-refractivity contribution in [2.24, 2.45) is 0 Å². The van der Waals surface area contributed by atoms with E-state index < -0.39 is 17.6 Å². The predicted molar refractivity (Wildman–Crippen MR) is 97.3 cm³/mol. The van der Waals surface area contributed by atoms with Gasteiger partial charge in [-0.3, -0.25) is 9.59 Å². The van der Waals surface area contributed by atoms with Gasteiger partial charge in [-0.1, -0.05) is 6.07 Å². The number of nitrogens with zero attached hydrogens (tertiary/aromatic N) is 2. The standard InChI is InChI=1S/C19H15F3N4O2/c1-12(27)24-15-5-2-4-13(10-15)18(28)25-16-11-14(19(20,21)22)6-7-17(16)26-9-3-8-23-26/h2-11H,1H3,(H,24,27)(H,25,28). The molecule has 3 rings (SSSR count). The zero-order chi connectivity index (χ0) is 20.3. The largest absolute Gasteiger partial charge is 0.416 e. The maximum atomic E-state index is 13.1. The molecule has 0 radical (unpaired) electrons. The zero-order valence-corrected chi connectivity index (χ0v) is 14.6. The van der Waals surface area contributed by atoms with E-state index in [2.05, 4.69) is 15.7 Å². The van der Waals surface area contributed by atoms with Crippen LogP contribution in [-0.2, 0) is 11.0 Å². The number of alkyl halides is 3. The van der Waals surface area contributed by atoms with Crippen LogP contribution in [0, 0.1) is 0 Å². The maximum absolute atomic E-state index is 13.1. The van der Waals surface area contributed by atoms with E-state index in [1.54, 1.807) is 24.4 Å². The van der Waals surface area contributed by atoms with E-state index in [9.17, 15) is 22.8 Å². The van der Waals surface area contributed by atoms with Gasteiger partial charge >= 0.3 is 6.18 Å². The number of carbonyl (C=O) groups is 2. The molecule has 0 fully saturated rings. The summed E-state index contributed by atoms with van der Waals surface area (Å²) < 4.78 is 40.7. The van der Waals surface area contributed by atoms with Crippen molar-refractivity contribution in [1.82, 2.24) is 9.78 Å². The molecular formula is C19H15F3N4O2. The van der Waals surface area contributed by atoms with Crippen LogP contribution >= 0.6 is 0 Å². The van der Waals surface area contributed by atoms with Gasteiger partial charge in [0.15, 0.2) is 0 Å². The van der Waals surface area contributed by atoms with Gasteiger partial charge in [-0.25, -0.2) is 4.68 Å². The molecule has 3 aromatic rings. The molecule has 1 heterocycles. The fourth-order valence-electron chi connectivity index (χ4n) is 2.56. The molecule has 0 aliphatic heterocycles. The van der Waals surface area contributed by atoms with Crippen molar-refractivity contribution in [2.45, 2.75) is 13.1 Å². The second kappa shape index (κ2) is 7.55. The van der Waals surface area contributed by atoms with E-state index in [0.29, 0.717) is 5.69 Å². The van der Waals surface area contributed by atoms with E-state index in [4.69, 9.17) is 0 Å². The van der Waals surface area contributed by atoms with Crippen LogP contribution in [0.2, 0.25) is 0 Å². The summed E-state index contributed by atoms with van der Waals surface area (Å²) >= 11 is 0. The lowest BCUT2D eigenvalue weighted by molar-refractivity contribution is -0.137. The second-order valence-corrected chi connectivity index (χ2v) is 5.90. The third-order valence-corrected chi connectivity index (χ3v) is 3.77. The predicted octanol–water partition coefficient (Wildman–Crippen LogP) is 4.10. The minimum Gasteiger partial charge on any atom is -0.326 e. The Morgan fingerprint density at radius 2 is 1.82 bits per heavy atom. The molecule has 9 heteroatoms. The zero-order valence-electron chi connectivity index (χ0n) is 14.6. The fraction of sp³-hybridized carbons (Fsp3) is 0.105. The lowest BCUT2D eigenvalue weighted by Crippen LogP contribution is -2.16. The van der Waals surface area contributed by atoms with Crippen LogP contribution in [0.15, 0.2) is 60.9 Å². The molecule has 2 N–H and O–H groups in total. The Kier molecular flexibility index (Phi) is 5.16. The average molecular weight is 388 g/mol. The Morgan fingerprint density at radius 3 is 2.46 bits per heavy atom. The molecule has 1 aromatic heterocycles. The summed E-state index contributed by atoms with van der Waals surface area (Å²) in [5, 5.41) is 9.04. The molecular weight excluding hydrogens is 373 g/mol. The SMILES string of the molecule is CC(=O)Nc1cccc(C(=O)Nc2cc(C(F)(F)F)ccc2-n2cccn2)c1. The molecule has 6 nitrogen and oxygen atoms in total. The number of rotatable bonds is 4. The molecule has 28 heavy (non-hydrogen) atoms. The molecule has 144 valence electrons. The van der Waals surface area contributed by atoms with Crippen LogP contribution in [0.4, 0.5) is 24.5 Å². The van der Waals surface area contributed by atoms with Gasteiger partial charge in [-0.2, -0.15) is 18.3 Å². The van der Waals surface area contributed by atoms with Crippen molar-refractivity contribution in [3.63, 3.8) is 0 Å². The molecule has 2 amide bonds. The quantitative estimate of drug-likeness (QED) is 0.707. The van der Waals surface area contributed by atoms with E-state index in [1.165, 1.54) is 36.0 Å². The van der Waals surface area contributed by atoms with Gasteiger partial charge in [0.1, 0.15) is 0 Å².